The minimum Gasteiger partial charge on any atom is -0.507 e. The van der Waals surface area contributed by atoms with Crippen LogP contribution in [-0.2, 0) is 0 Å². The van der Waals surface area contributed by atoms with Crippen molar-refractivity contribution in [1.29, 1.82) is 0 Å². The predicted molar refractivity (Wildman–Crippen MR) is 100 cm³/mol. The number of para-hydroxylation sites is 1. The monoisotopic (exact) mass is 309 g/mol. The van der Waals surface area contributed by atoms with E-state index in [-0.39, 0.29) is 0 Å². The van der Waals surface area contributed by atoms with Gasteiger partial charge in [-0.3, -0.25) is 0 Å². The number of nitrogens with one attached hydrogen (secondary N) is 1. The predicted octanol–water partition coefficient (Wildman–Crippen LogP) is 5.85. The van der Waals surface area contributed by atoms with Gasteiger partial charge < -0.3 is 10.1 Å². The molecule has 0 unspecified atom stereocenters. The van der Waals surface area contributed by atoms with Gasteiger partial charge in [-0.2, -0.15) is 0 Å². The number of phenolic OH excluding ortho intramolecular Hbond substituents is 1. The Hall–Kier alpha value is -3.26. The molecule has 1 aromatic heterocycles. The Labute approximate surface area is 139 Å². The molecule has 0 amide bonds. The Balaban J connectivity index is 2.02. The lowest BCUT2D eigenvalue weighted by molar-refractivity contribution is 0.484. The van der Waals surface area contributed by atoms with Crippen molar-refractivity contribution >= 4 is 32.4 Å². The maximum atomic E-state index is 11.1. The number of phenols is 1. The van der Waals surface area contributed by atoms with Crippen LogP contribution in [-0.4, -0.2) is 10.1 Å². The highest BCUT2D eigenvalue weighted by molar-refractivity contribution is 6.19. The average Bonchev–Trinajstić information content (AvgIpc) is 3.06. The van der Waals surface area contributed by atoms with E-state index in [1.807, 2.05) is 48.7 Å². The fourth-order valence-electron chi connectivity index (χ4n) is 3.67. The van der Waals surface area contributed by atoms with Crippen molar-refractivity contribution < 1.29 is 5.11 Å². The zero-order valence-corrected chi connectivity index (χ0v) is 13.0. The van der Waals surface area contributed by atoms with E-state index in [1.54, 1.807) is 0 Å². The number of aromatic amines is 1. The molecule has 5 rings (SSSR count). The van der Waals surface area contributed by atoms with Crippen molar-refractivity contribution in [3.8, 4) is 16.9 Å². The fourth-order valence-corrected chi connectivity index (χ4v) is 3.67. The Kier molecular flexibility index (Phi) is 2.68. The summed E-state index contributed by atoms with van der Waals surface area (Å²) in [7, 11) is 0. The zero-order valence-electron chi connectivity index (χ0n) is 13.0. The van der Waals surface area contributed by atoms with E-state index < -0.39 is 0 Å². The summed E-state index contributed by atoms with van der Waals surface area (Å²) in [6.07, 6.45) is 1.99. The third-order valence-corrected chi connectivity index (χ3v) is 4.76. The Bertz CT molecular complexity index is 1220. The molecule has 0 spiro atoms. The van der Waals surface area contributed by atoms with Gasteiger partial charge in [0, 0.05) is 33.6 Å². The lowest BCUT2D eigenvalue weighted by atomic mass is 9.92. The Morgan fingerprint density at radius 1 is 0.583 bits per heavy atom. The second-order valence-corrected chi connectivity index (χ2v) is 6.06. The van der Waals surface area contributed by atoms with Gasteiger partial charge >= 0.3 is 0 Å². The first-order valence-corrected chi connectivity index (χ1v) is 8.03. The molecule has 1 heterocycles. The van der Waals surface area contributed by atoms with Crippen LogP contribution in [0.1, 0.15) is 0 Å². The molecule has 24 heavy (non-hydrogen) atoms. The molecular weight excluding hydrogens is 294 g/mol. The molecule has 0 aliphatic heterocycles. The minimum absolute atomic E-state index is 0.342. The summed E-state index contributed by atoms with van der Waals surface area (Å²) in [5, 5.41) is 16.4. The van der Waals surface area contributed by atoms with Crippen molar-refractivity contribution in [3.05, 3.63) is 79.0 Å². The first kappa shape index (κ1) is 13.2. The molecule has 0 radical (unpaired) electrons. The normalized spacial score (nSPS) is 11.5. The van der Waals surface area contributed by atoms with E-state index in [0.29, 0.717) is 5.75 Å². The Morgan fingerprint density at radius 2 is 1.12 bits per heavy atom. The summed E-state index contributed by atoms with van der Waals surface area (Å²) in [4.78, 5) is 3.32. The molecule has 0 fully saturated rings. The largest absolute Gasteiger partial charge is 0.507 e. The van der Waals surface area contributed by atoms with Crippen molar-refractivity contribution in [1.82, 2.24) is 4.98 Å². The molecular formula is C22H15NO. The smallest absolute Gasteiger partial charge is 0.131 e. The lowest BCUT2D eigenvalue weighted by Crippen LogP contribution is -1.85. The van der Waals surface area contributed by atoms with E-state index in [4.69, 9.17) is 0 Å². The number of rotatable bonds is 1. The van der Waals surface area contributed by atoms with Crippen LogP contribution < -0.4 is 0 Å². The first-order valence-electron chi connectivity index (χ1n) is 8.03. The van der Waals surface area contributed by atoms with Gasteiger partial charge in [0.15, 0.2) is 0 Å². The van der Waals surface area contributed by atoms with Crippen molar-refractivity contribution in [3.63, 3.8) is 0 Å². The Morgan fingerprint density at radius 3 is 1.88 bits per heavy atom. The second-order valence-electron chi connectivity index (χ2n) is 6.06. The minimum atomic E-state index is 0.342. The zero-order chi connectivity index (χ0) is 16.1. The van der Waals surface area contributed by atoms with Gasteiger partial charge in [0.1, 0.15) is 5.75 Å². The molecule has 0 saturated carbocycles. The van der Waals surface area contributed by atoms with Gasteiger partial charge in [0.25, 0.3) is 0 Å². The summed E-state index contributed by atoms with van der Waals surface area (Å²) in [6.45, 7) is 0. The van der Waals surface area contributed by atoms with Gasteiger partial charge in [0.2, 0.25) is 0 Å². The highest BCUT2D eigenvalue weighted by Gasteiger charge is 2.17. The van der Waals surface area contributed by atoms with E-state index in [9.17, 15) is 5.11 Å². The number of fused-ring (bicyclic) bond motifs is 4. The van der Waals surface area contributed by atoms with Gasteiger partial charge in [-0.05, 0) is 22.2 Å². The number of benzene rings is 4. The van der Waals surface area contributed by atoms with Crippen LogP contribution in [0.15, 0.2) is 79.0 Å². The summed E-state index contributed by atoms with van der Waals surface area (Å²) >= 11 is 0. The molecule has 5 aromatic rings. The van der Waals surface area contributed by atoms with Gasteiger partial charge in [0.05, 0.1) is 0 Å². The van der Waals surface area contributed by atoms with Crippen molar-refractivity contribution in [2.75, 3.05) is 0 Å². The van der Waals surface area contributed by atoms with Crippen molar-refractivity contribution in [2.24, 2.45) is 0 Å². The van der Waals surface area contributed by atoms with E-state index in [0.717, 1.165) is 43.6 Å². The average molecular weight is 309 g/mol. The number of hydrogen-bond donors (Lipinski definition) is 2. The molecule has 0 aliphatic rings. The molecule has 0 saturated heterocycles. The van der Waals surface area contributed by atoms with Crippen LogP contribution in [0.4, 0.5) is 0 Å². The quantitative estimate of drug-likeness (QED) is 0.374. The number of hydrogen-bond acceptors (Lipinski definition) is 1. The topological polar surface area (TPSA) is 36.0 Å². The standard InChI is InChI=1S/C22H15NO/c24-22-18-11-4-2-8-15(18)14-7-1-3-10-17(14)21(22)19-13-23-20-12-6-5-9-16(19)20/h1-13,23-24H. The van der Waals surface area contributed by atoms with Crippen LogP contribution in [0.3, 0.4) is 0 Å². The van der Waals surface area contributed by atoms with Crippen molar-refractivity contribution in [2.45, 2.75) is 0 Å². The SMILES string of the molecule is Oc1c(-c2c[nH]c3ccccc23)c2ccccc2c2ccccc12. The van der Waals surface area contributed by atoms with E-state index in [1.165, 1.54) is 0 Å². The highest BCUT2D eigenvalue weighted by atomic mass is 16.3. The molecule has 2 heteroatoms. The molecule has 0 aliphatic carbocycles. The van der Waals surface area contributed by atoms with E-state index in [2.05, 4.69) is 35.3 Å². The van der Waals surface area contributed by atoms with Crippen LogP contribution >= 0.6 is 0 Å². The maximum absolute atomic E-state index is 11.1. The maximum Gasteiger partial charge on any atom is 0.131 e. The van der Waals surface area contributed by atoms with Crippen LogP contribution in [0, 0.1) is 0 Å². The number of aromatic nitrogens is 1. The van der Waals surface area contributed by atoms with Crippen LogP contribution in [0.2, 0.25) is 0 Å². The van der Waals surface area contributed by atoms with Crippen LogP contribution in [0.25, 0.3) is 43.6 Å². The van der Waals surface area contributed by atoms with Gasteiger partial charge in [-0.25, -0.2) is 0 Å². The lowest BCUT2D eigenvalue weighted by Gasteiger charge is -2.13. The molecule has 2 N–H and O–H groups in total. The summed E-state index contributed by atoms with van der Waals surface area (Å²) in [5.74, 6) is 0.342. The molecule has 4 aromatic carbocycles. The van der Waals surface area contributed by atoms with E-state index >= 15 is 0 Å². The molecule has 0 atom stereocenters. The third-order valence-electron chi connectivity index (χ3n) is 4.76. The van der Waals surface area contributed by atoms with Gasteiger partial charge in [-0.1, -0.05) is 66.7 Å². The number of aromatic hydroxyl groups is 1. The third kappa shape index (κ3) is 1.71. The fraction of sp³-hybridized carbons (Fsp3) is 0. The highest BCUT2D eigenvalue weighted by Crippen LogP contribution is 2.45. The van der Waals surface area contributed by atoms with Gasteiger partial charge in [-0.15, -0.1) is 0 Å². The van der Waals surface area contributed by atoms with Crippen LogP contribution in [0.5, 0.6) is 5.75 Å². The number of H-pyrrole nitrogens is 1. The summed E-state index contributed by atoms with van der Waals surface area (Å²) in [5.41, 5.74) is 3.00. The first-order chi connectivity index (χ1) is 11.8. The second kappa shape index (κ2) is 4.87. The summed E-state index contributed by atoms with van der Waals surface area (Å²) < 4.78 is 0. The summed E-state index contributed by atoms with van der Waals surface area (Å²) in [6, 6.07) is 24.5. The molecule has 2 nitrogen and oxygen atoms in total. The molecule has 0 bridgehead atoms. The molecule has 114 valence electrons.